The largest absolute Gasteiger partial charge is 0.393 e. The number of halogens is 1. The summed E-state index contributed by atoms with van der Waals surface area (Å²) in [6.45, 7) is 2.05. The van der Waals surface area contributed by atoms with Crippen LogP contribution in [0.2, 0.25) is 5.02 Å². The van der Waals surface area contributed by atoms with Crippen molar-refractivity contribution in [2.75, 3.05) is 0 Å². The van der Waals surface area contributed by atoms with Gasteiger partial charge in [0.05, 0.1) is 16.4 Å². The van der Waals surface area contributed by atoms with Crippen molar-refractivity contribution in [1.82, 2.24) is 9.38 Å². The van der Waals surface area contributed by atoms with Crippen LogP contribution in [0.1, 0.15) is 11.4 Å². The summed E-state index contributed by atoms with van der Waals surface area (Å²) in [5.41, 5.74) is 10.7. The molecule has 0 saturated heterocycles. The van der Waals surface area contributed by atoms with Gasteiger partial charge in [0.1, 0.15) is 5.65 Å². The summed E-state index contributed by atoms with van der Waals surface area (Å²) in [6, 6.07) is 13.7. The highest BCUT2D eigenvalue weighted by Gasteiger charge is 2.15. The number of nitrogens with two attached hydrogens (primary N) is 1. The lowest BCUT2D eigenvalue weighted by Gasteiger charge is -2.07. The number of aryl methyl sites for hydroxylation is 1. The average Bonchev–Trinajstić information content (AvgIpc) is 2.79. The maximum atomic E-state index is 5.96. The van der Waals surface area contributed by atoms with Gasteiger partial charge >= 0.3 is 0 Å². The monoisotopic (exact) mass is 315 g/mol. The summed E-state index contributed by atoms with van der Waals surface area (Å²) < 4.78 is 2.10. The van der Waals surface area contributed by atoms with Gasteiger partial charge in [-0.3, -0.25) is 0 Å². The predicted octanol–water partition coefficient (Wildman–Crippen LogP) is 3.79. The highest BCUT2D eigenvalue weighted by Crippen LogP contribution is 2.27. The Morgan fingerprint density at radius 3 is 2.62 bits per heavy atom. The third-order valence-electron chi connectivity index (χ3n) is 3.39. The van der Waals surface area contributed by atoms with Gasteiger partial charge in [0.25, 0.3) is 0 Å². The average molecular weight is 316 g/mol. The van der Waals surface area contributed by atoms with E-state index >= 15 is 0 Å². The number of hydrogen-bond acceptors (Lipinski definition) is 2. The Hall–Kier alpha value is -1.91. The van der Waals surface area contributed by atoms with Crippen molar-refractivity contribution in [2.45, 2.75) is 13.3 Å². The van der Waals surface area contributed by atoms with Gasteiger partial charge in [-0.1, -0.05) is 42.0 Å². The zero-order chi connectivity index (χ0) is 15.0. The summed E-state index contributed by atoms with van der Waals surface area (Å²) in [6.07, 6.45) is 0.513. The van der Waals surface area contributed by atoms with Gasteiger partial charge in [0, 0.05) is 22.7 Å². The quantitative estimate of drug-likeness (QED) is 0.748. The molecule has 1 aromatic carbocycles. The van der Waals surface area contributed by atoms with Crippen LogP contribution in [0, 0.1) is 6.92 Å². The Balaban J connectivity index is 2.28. The van der Waals surface area contributed by atoms with E-state index in [0.717, 1.165) is 28.3 Å². The summed E-state index contributed by atoms with van der Waals surface area (Å²) in [7, 11) is 0. The number of rotatable bonds is 3. The highest BCUT2D eigenvalue weighted by molar-refractivity contribution is 7.80. The third-order valence-corrected chi connectivity index (χ3v) is 3.79. The number of hydrogen-bond donors (Lipinski definition) is 1. The smallest absolute Gasteiger partial charge is 0.137 e. The Morgan fingerprint density at radius 2 is 1.95 bits per heavy atom. The van der Waals surface area contributed by atoms with E-state index in [1.54, 1.807) is 0 Å². The number of benzene rings is 1. The molecule has 106 valence electrons. The molecule has 0 aliphatic carbocycles. The van der Waals surface area contributed by atoms with Crippen LogP contribution in [0.25, 0.3) is 16.9 Å². The number of pyridine rings is 1. The minimum atomic E-state index is 0.454. The molecule has 0 aliphatic rings. The van der Waals surface area contributed by atoms with Gasteiger partial charge < -0.3 is 10.1 Å². The highest BCUT2D eigenvalue weighted by atomic mass is 35.5. The van der Waals surface area contributed by atoms with Crippen molar-refractivity contribution < 1.29 is 0 Å². The summed E-state index contributed by atoms with van der Waals surface area (Å²) in [4.78, 5) is 5.19. The molecule has 21 heavy (non-hydrogen) atoms. The van der Waals surface area contributed by atoms with Crippen molar-refractivity contribution in [3.8, 4) is 11.3 Å². The molecule has 3 nitrogen and oxygen atoms in total. The van der Waals surface area contributed by atoms with Gasteiger partial charge in [-0.25, -0.2) is 4.98 Å². The van der Waals surface area contributed by atoms with Crippen molar-refractivity contribution in [1.29, 1.82) is 0 Å². The van der Waals surface area contributed by atoms with E-state index < -0.39 is 0 Å². The van der Waals surface area contributed by atoms with Crippen LogP contribution in [-0.2, 0) is 6.42 Å². The predicted molar refractivity (Wildman–Crippen MR) is 90.9 cm³/mol. The minimum Gasteiger partial charge on any atom is -0.393 e. The molecule has 3 rings (SSSR count). The molecule has 0 atom stereocenters. The van der Waals surface area contributed by atoms with Gasteiger partial charge in [0.15, 0.2) is 0 Å². The minimum absolute atomic E-state index is 0.454. The van der Waals surface area contributed by atoms with Crippen molar-refractivity contribution in [3.05, 3.63) is 58.9 Å². The number of imidazole rings is 1. The fraction of sp³-hybridized carbons (Fsp3) is 0.125. The Labute approximate surface area is 133 Å². The number of nitrogens with zero attached hydrogens (tertiary/aromatic N) is 2. The van der Waals surface area contributed by atoms with Crippen LogP contribution in [0.4, 0.5) is 0 Å². The van der Waals surface area contributed by atoms with Crippen molar-refractivity contribution in [3.63, 3.8) is 0 Å². The van der Waals surface area contributed by atoms with Crippen LogP contribution in [0.5, 0.6) is 0 Å². The standard InChI is InChI=1S/C16H14ClN3S/c1-10-3-2-4-15-19-16(11-5-7-12(17)8-6-11)13(20(10)15)9-14(18)21/h2-8H,9H2,1H3,(H2,18,21). The summed E-state index contributed by atoms with van der Waals surface area (Å²) in [5, 5.41) is 0.703. The first-order valence-electron chi connectivity index (χ1n) is 6.57. The normalized spacial score (nSPS) is 11.0. The maximum absolute atomic E-state index is 5.96. The van der Waals surface area contributed by atoms with Crippen LogP contribution in [-0.4, -0.2) is 14.4 Å². The molecule has 0 saturated carbocycles. The van der Waals surface area contributed by atoms with E-state index in [2.05, 4.69) is 4.40 Å². The Kier molecular flexibility index (Phi) is 3.66. The number of fused-ring (bicyclic) bond motifs is 1. The second-order valence-electron chi connectivity index (χ2n) is 4.92. The lowest BCUT2D eigenvalue weighted by Crippen LogP contribution is -2.13. The fourth-order valence-electron chi connectivity index (χ4n) is 2.49. The topological polar surface area (TPSA) is 43.3 Å². The maximum Gasteiger partial charge on any atom is 0.137 e. The lowest BCUT2D eigenvalue weighted by atomic mass is 10.1. The molecule has 2 aromatic heterocycles. The fourth-order valence-corrected chi connectivity index (χ4v) is 2.76. The zero-order valence-corrected chi connectivity index (χ0v) is 13.1. The molecule has 0 bridgehead atoms. The van der Waals surface area contributed by atoms with Crippen LogP contribution in [0.3, 0.4) is 0 Å². The van der Waals surface area contributed by atoms with Crippen LogP contribution in [0.15, 0.2) is 42.5 Å². The van der Waals surface area contributed by atoms with E-state index in [0.29, 0.717) is 16.4 Å². The Bertz CT molecular complexity index is 821. The lowest BCUT2D eigenvalue weighted by molar-refractivity contribution is 1.02. The number of aromatic nitrogens is 2. The molecule has 0 amide bonds. The first kappa shape index (κ1) is 14.0. The first-order chi connectivity index (χ1) is 10.1. The molecule has 2 N–H and O–H groups in total. The van der Waals surface area contributed by atoms with Crippen molar-refractivity contribution in [2.24, 2.45) is 5.73 Å². The van der Waals surface area contributed by atoms with Gasteiger partial charge in [-0.15, -0.1) is 0 Å². The second-order valence-corrected chi connectivity index (χ2v) is 5.88. The second kappa shape index (κ2) is 5.47. The molecule has 0 spiro atoms. The van der Waals surface area contributed by atoms with E-state index in [-0.39, 0.29) is 0 Å². The first-order valence-corrected chi connectivity index (χ1v) is 7.36. The SMILES string of the molecule is Cc1cccc2nc(-c3ccc(Cl)cc3)c(CC(N)=S)n12. The van der Waals surface area contributed by atoms with Crippen molar-refractivity contribution >= 4 is 34.5 Å². The molecular weight excluding hydrogens is 302 g/mol. The van der Waals surface area contributed by atoms with E-state index in [9.17, 15) is 0 Å². The number of thiocarbonyl (C=S) groups is 1. The Morgan fingerprint density at radius 1 is 1.24 bits per heavy atom. The third kappa shape index (κ3) is 2.64. The molecular formula is C16H14ClN3S. The molecule has 0 fully saturated rings. The molecule has 0 aliphatic heterocycles. The molecule has 2 heterocycles. The molecule has 3 aromatic rings. The molecule has 0 radical (unpaired) electrons. The molecule has 5 heteroatoms. The summed E-state index contributed by atoms with van der Waals surface area (Å²) >= 11 is 11.1. The van der Waals surface area contributed by atoms with Gasteiger partial charge in [0.2, 0.25) is 0 Å². The van der Waals surface area contributed by atoms with Crippen LogP contribution < -0.4 is 5.73 Å². The van der Waals surface area contributed by atoms with E-state index in [1.165, 1.54) is 0 Å². The van der Waals surface area contributed by atoms with E-state index in [1.807, 2.05) is 49.4 Å². The zero-order valence-electron chi connectivity index (χ0n) is 11.5. The van der Waals surface area contributed by atoms with Crippen LogP contribution >= 0.6 is 23.8 Å². The summed E-state index contributed by atoms with van der Waals surface area (Å²) in [5.74, 6) is 0. The van der Waals surface area contributed by atoms with Gasteiger partial charge in [-0.2, -0.15) is 0 Å². The molecule has 0 unspecified atom stereocenters. The van der Waals surface area contributed by atoms with E-state index in [4.69, 9.17) is 34.5 Å². The van der Waals surface area contributed by atoms with Gasteiger partial charge in [-0.05, 0) is 31.2 Å².